The molecule has 1 aromatic rings. The Kier molecular flexibility index (Phi) is 1.91. The van der Waals surface area contributed by atoms with Crippen LogP contribution in [0.15, 0.2) is 18.3 Å². The van der Waals surface area contributed by atoms with Crippen molar-refractivity contribution in [3.63, 3.8) is 0 Å². The molecule has 4 nitrogen and oxygen atoms in total. The molecule has 1 aromatic heterocycles. The Labute approximate surface area is 82.5 Å². The first-order chi connectivity index (χ1) is 6.59. The summed E-state index contributed by atoms with van der Waals surface area (Å²) >= 11 is 0. The highest BCUT2D eigenvalue weighted by Gasteiger charge is 2.38. The predicted molar refractivity (Wildman–Crippen MR) is 53.8 cm³/mol. The second-order valence-electron chi connectivity index (χ2n) is 3.99. The molecular weight excluding hydrogens is 178 g/mol. The van der Waals surface area contributed by atoms with Crippen molar-refractivity contribution < 1.29 is 4.79 Å². The summed E-state index contributed by atoms with van der Waals surface area (Å²) in [5.74, 6) is -0.120. The van der Waals surface area contributed by atoms with Gasteiger partial charge in [-0.15, -0.1) is 0 Å². The Hall–Kier alpha value is -1.58. The van der Waals surface area contributed by atoms with Gasteiger partial charge in [-0.05, 0) is 31.9 Å². The van der Waals surface area contributed by atoms with Crippen molar-refractivity contribution >= 4 is 11.6 Å². The van der Waals surface area contributed by atoms with E-state index in [1.54, 1.807) is 12.1 Å². The first kappa shape index (κ1) is 8.99. The van der Waals surface area contributed by atoms with Gasteiger partial charge in [0.15, 0.2) is 0 Å². The lowest BCUT2D eigenvalue weighted by atomic mass is 10.2. The van der Waals surface area contributed by atoms with Crippen molar-refractivity contribution in [2.45, 2.75) is 25.3 Å². The molecule has 0 unspecified atom stereocenters. The van der Waals surface area contributed by atoms with E-state index in [2.05, 4.69) is 10.3 Å². The molecule has 1 aliphatic carbocycles. The maximum Gasteiger partial charge on any atom is 0.270 e. The van der Waals surface area contributed by atoms with Gasteiger partial charge in [-0.1, -0.05) is 0 Å². The lowest BCUT2D eigenvalue weighted by molar-refractivity contribution is 0.0930. The summed E-state index contributed by atoms with van der Waals surface area (Å²) in [7, 11) is 0. The highest BCUT2D eigenvalue weighted by Crippen LogP contribution is 2.34. The SMILES string of the molecule is CC1(NC(=O)c2ccc(N)cn2)CC1. The number of nitrogens with one attached hydrogen (secondary N) is 1. The van der Waals surface area contributed by atoms with Gasteiger partial charge < -0.3 is 11.1 Å². The minimum Gasteiger partial charge on any atom is -0.397 e. The minimum atomic E-state index is -0.120. The molecule has 2 rings (SSSR count). The first-order valence-electron chi connectivity index (χ1n) is 4.63. The van der Waals surface area contributed by atoms with Gasteiger partial charge >= 0.3 is 0 Å². The molecule has 4 heteroatoms. The summed E-state index contributed by atoms with van der Waals surface area (Å²) in [6.07, 6.45) is 3.59. The average molecular weight is 191 g/mol. The molecule has 1 saturated carbocycles. The lowest BCUT2D eigenvalue weighted by Gasteiger charge is -2.10. The molecule has 1 fully saturated rings. The molecular formula is C10H13N3O. The summed E-state index contributed by atoms with van der Waals surface area (Å²) in [6, 6.07) is 3.31. The van der Waals surface area contributed by atoms with Gasteiger partial charge in [0.1, 0.15) is 5.69 Å². The molecule has 0 bridgehead atoms. The van der Waals surface area contributed by atoms with E-state index in [1.165, 1.54) is 6.20 Å². The van der Waals surface area contributed by atoms with E-state index >= 15 is 0 Å². The maximum atomic E-state index is 11.6. The number of aromatic nitrogens is 1. The fourth-order valence-electron chi connectivity index (χ4n) is 1.19. The third-order valence-electron chi connectivity index (χ3n) is 2.43. The standard InChI is InChI=1S/C10H13N3O/c1-10(4-5-10)13-9(14)8-3-2-7(11)6-12-8/h2-3,6H,4-5,11H2,1H3,(H,13,14). The second kappa shape index (κ2) is 2.97. The minimum absolute atomic E-state index is 0.000148. The van der Waals surface area contributed by atoms with E-state index in [-0.39, 0.29) is 11.4 Å². The molecule has 1 aliphatic rings. The molecule has 0 spiro atoms. The van der Waals surface area contributed by atoms with Crippen LogP contribution in [-0.2, 0) is 0 Å². The lowest BCUT2D eigenvalue weighted by Crippen LogP contribution is -2.34. The number of nitrogen functional groups attached to an aromatic ring is 1. The maximum absolute atomic E-state index is 11.6. The number of hydrogen-bond acceptors (Lipinski definition) is 3. The third-order valence-corrected chi connectivity index (χ3v) is 2.43. The van der Waals surface area contributed by atoms with E-state index in [0.717, 1.165) is 12.8 Å². The topological polar surface area (TPSA) is 68.0 Å². The molecule has 3 N–H and O–H groups in total. The van der Waals surface area contributed by atoms with E-state index in [9.17, 15) is 4.79 Å². The number of nitrogens with two attached hydrogens (primary N) is 1. The molecule has 0 aromatic carbocycles. The van der Waals surface area contributed by atoms with Crippen LogP contribution in [0, 0.1) is 0 Å². The molecule has 0 atom stereocenters. The molecule has 0 aliphatic heterocycles. The number of rotatable bonds is 2. The normalized spacial score (nSPS) is 17.5. The monoisotopic (exact) mass is 191 g/mol. The molecule has 1 amide bonds. The molecule has 1 heterocycles. The molecule has 0 saturated heterocycles. The van der Waals surface area contributed by atoms with Crippen LogP contribution in [0.1, 0.15) is 30.3 Å². The van der Waals surface area contributed by atoms with Gasteiger partial charge in [-0.2, -0.15) is 0 Å². The number of carbonyl (C=O) groups is 1. The van der Waals surface area contributed by atoms with Crippen LogP contribution >= 0.6 is 0 Å². The number of carbonyl (C=O) groups excluding carboxylic acids is 1. The second-order valence-corrected chi connectivity index (χ2v) is 3.99. The number of pyridine rings is 1. The largest absolute Gasteiger partial charge is 0.397 e. The third kappa shape index (κ3) is 1.84. The Balaban J connectivity index is 2.07. The van der Waals surface area contributed by atoms with Crippen molar-refractivity contribution in [1.29, 1.82) is 0 Å². The van der Waals surface area contributed by atoms with Gasteiger partial charge in [-0.3, -0.25) is 4.79 Å². The Bertz CT molecular complexity index is 354. The van der Waals surface area contributed by atoms with Gasteiger partial charge in [0.2, 0.25) is 0 Å². The van der Waals surface area contributed by atoms with Crippen molar-refractivity contribution in [1.82, 2.24) is 10.3 Å². The highest BCUT2D eigenvalue weighted by molar-refractivity contribution is 5.93. The van der Waals surface area contributed by atoms with Gasteiger partial charge in [0.25, 0.3) is 5.91 Å². The van der Waals surface area contributed by atoms with Crippen molar-refractivity contribution in [3.8, 4) is 0 Å². The quantitative estimate of drug-likeness (QED) is 0.731. The van der Waals surface area contributed by atoms with Crippen LogP contribution in [0.2, 0.25) is 0 Å². The van der Waals surface area contributed by atoms with E-state index < -0.39 is 0 Å². The van der Waals surface area contributed by atoms with Crippen LogP contribution in [0.4, 0.5) is 5.69 Å². The van der Waals surface area contributed by atoms with Crippen molar-refractivity contribution in [2.24, 2.45) is 0 Å². The van der Waals surface area contributed by atoms with Gasteiger partial charge in [0.05, 0.1) is 11.9 Å². The van der Waals surface area contributed by atoms with Crippen LogP contribution in [-0.4, -0.2) is 16.4 Å². The zero-order chi connectivity index (χ0) is 10.2. The number of nitrogens with zero attached hydrogens (tertiary/aromatic N) is 1. The zero-order valence-corrected chi connectivity index (χ0v) is 8.08. The fourth-order valence-corrected chi connectivity index (χ4v) is 1.19. The van der Waals surface area contributed by atoms with Gasteiger partial charge in [0, 0.05) is 5.54 Å². The Morgan fingerprint density at radius 2 is 2.29 bits per heavy atom. The van der Waals surface area contributed by atoms with Crippen molar-refractivity contribution in [2.75, 3.05) is 5.73 Å². The fraction of sp³-hybridized carbons (Fsp3) is 0.400. The average Bonchev–Trinajstić information content (AvgIpc) is 2.84. The van der Waals surface area contributed by atoms with E-state index in [1.807, 2.05) is 6.92 Å². The van der Waals surface area contributed by atoms with Crippen molar-refractivity contribution in [3.05, 3.63) is 24.0 Å². The summed E-state index contributed by atoms with van der Waals surface area (Å²) in [5, 5.41) is 2.92. The van der Waals surface area contributed by atoms with E-state index in [0.29, 0.717) is 11.4 Å². The number of anilines is 1. The zero-order valence-electron chi connectivity index (χ0n) is 8.08. The van der Waals surface area contributed by atoms with Crippen LogP contribution in [0.3, 0.4) is 0 Å². The summed E-state index contributed by atoms with van der Waals surface area (Å²) in [5.41, 5.74) is 6.46. The summed E-state index contributed by atoms with van der Waals surface area (Å²) in [4.78, 5) is 15.6. The van der Waals surface area contributed by atoms with E-state index in [4.69, 9.17) is 5.73 Å². The smallest absolute Gasteiger partial charge is 0.270 e. The number of hydrogen-bond donors (Lipinski definition) is 2. The number of amides is 1. The predicted octanol–water partition coefficient (Wildman–Crippen LogP) is 0.946. The molecule has 74 valence electrons. The first-order valence-corrected chi connectivity index (χ1v) is 4.63. The summed E-state index contributed by atoms with van der Waals surface area (Å²) < 4.78 is 0. The highest BCUT2D eigenvalue weighted by atomic mass is 16.2. The van der Waals surface area contributed by atoms with Crippen LogP contribution in [0.25, 0.3) is 0 Å². The van der Waals surface area contributed by atoms with Crippen LogP contribution < -0.4 is 11.1 Å². The molecule has 14 heavy (non-hydrogen) atoms. The summed E-state index contributed by atoms with van der Waals surface area (Å²) in [6.45, 7) is 2.03. The van der Waals surface area contributed by atoms with Crippen LogP contribution in [0.5, 0.6) is 0 Å². The van der Waals surface area contributed by atoms with Gasteiger partial charge in [-0.25, -0.2) is 4.98 Å². The Morgan fingerprint density at radius 1 is 1.57 bits per heavy atom. The molecule has 0 radical (unpaired) electrons. The Morgan fingerprint density at radius 3 is 2.79 bits per heavy atom.